The molecule has 158 valence electrons. The molecule has 2 atom stereocenters. The molecule has 0 fully saturated rings. The van der Waals surface area contributed by atoms with E-state index in [0.717, 1.165) is 47.4 Å². The van der Waals surface area contributed by atoms with E-state index in [2.05, 4.69) is 50.2 Å². The minimum atomic E-state index is -0.746. The summed E-state index contributed by atoms with van der Waals surface area (Å²) >= 11 is 0. The monoisotopic (exact) mass is 407 g/mol. The highest BCUT2D eigenvalue weighted by molar-refractivity contribution is 6.02. The van der Waals surface area contributed by atoms with Crippen molar-refractivity contribution in [2.24, 2.45) is 21.1 Å². The number of aryl methyl sites for hydroxylation is 1. The highest BCUT2D eigenvalue weighted by atomic mass is 19.1. The second kappa shape index (κ2) is 6.12. The zero-order valence-corrected chi connectivity index (χ0v) is 18.5. The number of azo groups is 1. The van der Waals surface area contributed by atoms with E-state index in [-0.39, 0.29) is 28.6 Å². The summed E-state index contributed by atoms with van der Waals surface area (Å²) < 4.78 is 15.4. The molecule has 1 N–H and O–H groups in total. The number of hydrogen-bond acceptors (Lipinski definition) is 4. The van der Waals surface area contributed by atoms with E-state index >= 15 is 4.39 Å². The maximum Gasteiger partial charge on any atom is 0.165 e. The van der Waals surface area contributed by atoms with Crippen LogP contribution in [-0.4, -0.2) is 11.9 Å². The van der Waals surface area contributed by atoms with Gasteiger partial charge < -0.3 is 5.32 Å². The molecule has 2 aliphatic heterocycles. The van der Waals surface area contributed by atoms with Crippen LogP contribution in [0, 0.1) is 16.6 Å². The average Bonchev–Trinajstić information content (AvgIpc) is 3.16. The third-order valence-electron chi connectivity index (χ3n) is 6.94. The molecule has 0 bridgehead atoms. The molecule has 30 heavy (non-hydrogen) atoms. The first-order valence-electron chi connectivity index (χ1n) is 11.0. The maximum absolute atomic E-state index is 15.4. The number of ketones is 1. The molecule has 4 nitrogen and oxygen atoms in total. The first kappa shape index (κ1) is 19.7. The van der Waals surface area contributed by atoms with Crippen LogP contribution in [0.1, 0.15) is 71.4 Å². The van der Waals surface area contributed by atoms with Crippen molar-refractivity contribution in [1.82, 2.24) is 5.32 Å². The first-order chi connectivity index (χ1) is 14.0. The van der Waals surface area contributed by atoms with Crippen LogP contribution in [-0.2, 0) is 16.6 Å². The number of fused-ring (bicyclic) bond motifs is 5. The second-order valence-corrected chi connectivity index (χ2v) is 11.3. The molecule has 1 unspecified atom stereocenters. The van der Waals surface area contributed by atoms with Gasteiger partial charge in [-0.15, -0.1) is 0 Å². The fraction of sp³-hybridized carbons (Fsp3) is 0.560. The minimum Gasteiger partial charge on any atom is -0.362 e. The van der Waals surface area contributed by atoms with Crippen LogP contribution in [0.15, 0.2) is 51.0 Å². The van der Waals surface area contributed by atoms with Crippen molar-refractivity contribution in [2.45, 2.75) is 78.3 Å². The molecule has 5 heteroatoms. The Balaban J connectivity index is 1.82. The normalized spacial score (nSPS) is 29.3. The Kier molecular flexibility index (Phi) is 4.01. The SMILES string of the molecule is CC(C)(C)CC1=C2C(N=N1)NC1=C(C(=O)CC(C)(C)C1)[C@@]21CCc2cccc(F)c21. The summed E-state index contributed by atoms with van der Waals surface area (Å²) in [6.45, 7) is 10.8. The quantitative estimate of drug-likeness (QED) is 0.645. The fourth-order valence-electron chi connectivity index (χ4n) is 6.07. The number of benzene rings is 1. The van der Waals surface area contributed by atoms with Gasteiger partial charge in [-0.1, -0.05) is 46.8 Å². The lowest BCUT2D eigenvalue weighted by atomic mass is 9.59. The van der Waals surface area contributed by atoms with E-state index in [1.165, 1.54) is 6.07 Å². The molecule has 1 aromatic rings. The Labute approximate surface area is 177 Å². The van der Waals surface area contributed by atoms with Crippen LogP contribution in [0.4, 0.5) is 4.39 Å². The van der Waals surface area contributed by atoms with Gasteiger partial charge in [-0.2, -0.15) is 10.2 Å². The second-order valence-electron chi connectivity index (χ2n) is 11.3. The molecule has 2 aliphatic carbocycles. The molecule has 0 aromatic heterocycles. The number of allylic oxidation sites excluding steroid dienone is 3. The predicted octanol–water partition coefficient (Wildman–Crippen LogP) is 5.74. The number of Topliss-reactive ketones (excluding diaryl/α,β-unsaturated/α-hetero) is 1. The Bertz CT molecular complexity index is 1060. The highest BCUT2D eigenvalue weighted by Crippen LogP contribution is 2.59. The molecular weight excluding hydrogens is 377 g/mol. The summed E-state index contributed by atoms with van der Waals surface area (Å²) in [4.78, 5) is 13.6. The van der Waals surface area contributed by atoms with Crippen molar-refractivity contribution in [3.63, 3.8) is 0 Å². The molecule has 1 aromatic carbocycles. The van der Waals surface area contributed by atoms with Crippen molar-refractivity contribution >= 4 is 5.78 Å². The summed E-state index contributed by atoms with van der Waals surface area (Å²) in [5.41, 5.74) is 4.48. The van der Waals surface area contributed by atoms with E-state index in [1.807, 2.05) is 6.07 Å². The van der Waals surface area contributed by atoms with Gasteiger partial charge in [0.15, 0.2) is 11.9 Å². The molecule has 1 spiro atoms. The third kappa shape index (κ3) is 2.74. The molecule has 0 amide bonds. The van der Waals surface area contributed by atoms with Gasteiger partial charge in [0.25, 0.3) is 0 Å². The Morgan fingerprint density at radius 1 is 1.23 bits per heavy atom. The zero-order chi connectivity index (χ0) is 21.5. The largest absolute Gasteiger partial charge is 0.362 e. The van der Waals surface area contributed by atoms with Crippen molar-refractivity contribution in [3.05, 3.63) is 57.7 Å². The summed E-state index contributed by atoms with van der Waals surface area (Å²) in [6.07, 6.45) is 3.17. The van der Waals surface area contributed by atoms with Gasteiger partial charge in [-0.3, -0.25) is 4.79 Å². The lowest BCUT2D eigenvalue weighted by Gasteiger charge is -2.47. The first-order valence-corrected chi connectivity index (χ1v) is 11.0. The third-order valence-corrected chi connectivity index (χ3v) is 6.94. The Hall–Kier alpha value is -2.30. The van der Waals surface area contributed by atoms with Gasteiger partial charge in [-0.25, -0.2) is 4.39 Å². The highest BCUT2D eigenvalue weighted by Gasteiger charge is 2.58. The summed E-state index contributed by atoms with van der Waals surface area (Å²) in [5, 5.41) is 12.7. The van der Waals surface area contributed by atoms with Gasteiger partial charge in [-0.05, 0) is 48.1 Å². The van der Waals surface area contributed by atoms with Gasteiger partial charge in [0.1, 0.15) is 5.82 Å². The van der Waals surface area contributed by atoms with E-state index in [1.54, 1.807) is 6.07 Å². The molecule has 5 rings (SSSR count). The van der Waals surface area contributed by atoms with E-state index in [4.69, 9.17) is 0 Å². The number of nitrogens with zero attached hydrogens (tertiary/aromatic N) is 2. The Morgan fingerprint density at radius 3 is 2.73 bits per heavy atom. The lowest BCUT2D eigenvalue weighted by Crippen LogP contribution is -2.51. The number of carbonyl (C=O) groups is 1. The van der Waals surface area contributed by atoms with Crippen LogP contribution >= 0.6 is 0 Å². The average molecular weight is 408 g/mol. The van der Waals surface area contributed by atoms with E-state index in [0.29, 0.717) is 18.4 Å². The van der Waals surface area contributed by atoms with Crippen molar-refractivity contribution in [3.8, 4) is 0 Å². The summed E-state index contributed by atoms with van der Waals surface area (Å²) in [5.74, 6) is -0.0811. The predicted molar refractivity (Wildman–Crippen MR) is 114 cm³/mol. The molecule has 0 saturated heterocycles. The number of halogens is 1. The lowest BCUT2D eigenvalue weighted by molar-refractivity contribution is -0.119. The smallest absolute Gasteiger partial charge is 0.165 e. The number of carbonyl (C=O) groups excluding carboxylic acids is 1. The van der Waals surface area contributed by atoms with Crippen molar-refractivity contribution in [2.75, 3.05) is 0 Å². The summed E-state index contributed by atoms with van der Waals surface area (Å²) in [6, 6.07) is 5.32. The fourth-order valence-corrected chi connectivity index (χ4v) is 6.07. The molecular formula is C25H30FN3O. The number of rotatable bonds is 1. The zero-order valence-electron chi connectivity index (χ0n) is 18.5. The number of nitrogens with one attached hydrogen (secondary N) is 1. The molecule has 0 saturated carbocycles. The van der Waals surface area contributed by atoms with Crippen LogP contribution < -0.4 is 5.32 Å². The van der Waals surface area contributed by atoms with Gasteiger partial charge in [0.2, 0.25) is 0 Å². The van der Waals surface area contributed by atoms with Crippen LogP contribution in [0.25, 0.3) is 0 Å². The van der Waals surface area contributed by atoms with Crippen molar-refractivity contribution < 1.29 is 9.18 Å². The van der Waals surface area contributed by atoms with Crippen LogP contribution in [0.5, 0.6) is 0 Å². The van der Waals surface area contributed by atoms with Crippen LogP contribution in [0.3, 0.4) is 0 Å². The number of hydrogen-bond donors (Lipinski definition) is 1. The van der Waals surface area contributed by atoms with Gasteiger partial charge in [0.05, 0.1) is 11.1 Å². The molecule has 4 aliphatic rings. The minimum absolute atomic E-state index is 0.0152. The van der Waals surface area contributed by atoms with Crippen LogP contribution in [0.2, 0.25) is 0 Å². The maximum atomic E-state index is 15.4. The van der Waals surface area contributed by atoms with Gasteiger partial charge >= 0.3 is 0 Å². The molecule has 0 radical (unpaired) electrons. The summed E-state index contributed by atoms with van der Waals surface area (Å²) in [7, 11) is 0. The Morgan fingerprint density at radius 2 is 2.00 bits per heavy atom. The van der Waals surface area contributed by atoms with Gasteiger partial charge in [0, 0.05) is 28.8 Å². The van der Waals surface area contributed by atoms with Crippen molar-refractivity contribution in [1.29, 1.82) is 0 Å². The standard InChI is InChI=1S/C25H30FN3O/c1-23(2,3)11-17-21-22(29-28-17)27-16-12-24(4,5)13-18(30)20(16)25(21)10-9-14-7-6-8-15(26)19(14)25/h6-8,22,27H,9-13H2,1-5H3/t22?,25-/m0/s1. The van der Waals surface area contributed by atoms with E-state index in [9.17, 15) is 4.79 Å². The topological polar surface area (TPSA) is 53.8 Å². The molecule has 2 heterocycles. The van der Waals surface area contributed by atoms with E-state index < -0.39 is 5.41 Å².